The van der Waals surface area contributed by atoms with Gasteiger partial charge in [0.15, 0.2) is 0 Å². The molecule has 1 saturated heterocycles. The molecule has 3 rings (SSSR count). The predicted molar refractivity (Wildman–Crippen MR) is 82.1 cm³/mol. The van der Waals surface area contributed by atoms with E-state index in [0.717, 1.165) is 32.4 Å². The Bertz CT molecular complexity index is 465. The zero-order valence-electron chi connectivity index (χ0n) is 12.4. The minimum Gasteiger partial charge on any atom is -0.378 e. The molecular formula is C17H24N2O2. The monoisotopic (exact) mass is 288 g/mol. The third kappa shape index (κ3) is 3.83. The first kappa shape index (κ1) is 14.5. The lowest BCUT2D eigenvalue weighted by atomic mass is 9.72. The number of hydrogen-bond acceptors (Lipinski definition) is 3. The van der Waals surface area contributed by atoms with Gasteiger partial charge >= 0.3 is 0 Å². The third-order valence-electron chi connectivity index (χ3n) is 4.53. The predicted octanol–water partition coefficient (Wildman–Crippen LogP) is 1.65. The number of rotatable bonds is 5. The minimum atomic E-state index is -0.0199. The number of carbonyl (C=O) groups excluding carboxylic acids is 1. The van der Waals surface area contributed by atoms with Crippen LogP contribution in [0.3, 0.4) is 0 Å². The smallest absolute Gasteiger partial charge is 0.222 e. The van der Waals surface area contributed by atoms with Crippen molar-refractivity contribution in [3.05, 3.63) is 35.9 Å². The van der Waals surface area contributed by atoms with Gasteiger partial charge in [-0.25, -0.2) is 0 Å². The van der Waals surface area contributed by atoms with Crippen LogP contribution in [0.4, 0.5) is 0 Å². The van der Waals surface area contributed by atoms with Crippen LogP contribution in [-0.4, -0.2) is 37.2 Å². The Morgan fingerprint density at radius 3 is 2.76 bits per heavy atom. The summed E-state index contributed by atoms with van der Waals surface area (Å²) in [6, 6.07) is 10.6. The zero-order chi connectivity index (χ0) is 14.5. The van der Waals surface area contributed by atoms with Crippen molar-refractivity contribution in [1.82, 2.24) is 10.6 Å². The van der Waals surface area contributed by atoms with Gasteiger partial charge in [0.1, 0.15) is 0 Å². The van der Waals surface area contributed by atoms with E-state index >= 15 is 0 Å². The first-order valence-electron chi connectivity index (χ1n) is 7.92. The van der Waals surface area contributed by atoms with Crippen molar-refractivity contribution in [2.45, 2.75) is 43.7 Å². The molecule has 114 valence electrons. The van der Waals surface area contributed by atoms with Crippen LogP contribution >= 0.6 is 0 Å². The van der Waals surface area contributed by atoms with E-state index in [-0.39, 0.29) is 17.5 Å². The Morgan fingerprint density at radius 1 is 1.33 bits per heavy atom. The van der Waals surface area contributed by atoms with Gasteiger partial charge in [-0.05, 0) is 31.2 Å². The molecule has 4 heteroatoms. The fourth-order valence-electron chi connectivity index (χ4n) is 3.26. The Hall–Kier alpha value is -1.39. The van der Waals surface area contributed by atoms with E-state index < -0.39 is 0 Å². The van der Waals surface area contributed by atoms with Crippen molar-refractivity contribution >= 4 is 5.91 Å². The molecule has 0 aromatic heterocycles. The molecule has 1 aromatic rings. The molecule has 1 heterocycles. The maximum Gasteiger partial charge on any atom is 0.222 e. The quantitative estimate of drug-likeness (QED) is 0.866. The normalized spacial score (nSPS) is 24.1. The van der Waals surface area contributed by atoms with E-state index in [1.807, 2.05) is 6.07 Å². The van der Waals surface area contributed by atoms with E-state index in [2.05, 4.69) is 34.9 Å². The lowest BCUT2D eigenvalue weighted by Crippen LogP contribution is -2.56. The molecule has 4 nitrogen and oxygen atoms in total. The number of ether oxygens (including phenoxy) is 1. The molecule has 0 spiro atoms. The molecule has 0 bridgehead atoms. The molecule has 1 aromatic carbocycles. The highest BCUT2D eigenvalue weighted by Gasteiger charge is 2.38. The summed E-state index contributed by atoms with van der Waals surface area (Å²) in [7, 11) is 0. The number of hydrogen-bond donors (Lipinski definition) is 2. The number of amides is 1. The average molecular weight is 288 g/mol. The molecule has 2 fully saturated rings. The highest BCUT2D eigenvalue weighted by molar-refractivity contribution is 5.77. The van der Waals surface area contributed by atoms with Crippen LogP contribution in [0.25, 0.3) is 0 Å². The molecule has 1 amide bonds. The van der Waals surface area contributed by atoms with Crippen LogP contribution in [-0.2, 0) is 16.0 Å². The standard InChI is InChI=1S/C17H24N2O2/c20-16(11-15-13-21-10-9-18-15)19-17(7-4-8-17)12-14-5-2-1-3-6-14/h1-3,5-6,15,18H,4,7-13H2,(H,19,20). The molecule has 1 aliphatic heterocycles. The van der Waals surface area contributed by atoms with E-state index in [0.29, 0.717) is 13.0 Å². The summed E-state index contributed by atoms with van der Waals surface area (Å²) in [6.45, 7) is 2.22. The molecule has 1 aliphatic carbocycles. The van der Waals surface area contributed by atoms with Crippen LogP contribution in [0.5, 0.6) is 0 Å². The second-order valence-electron chi connectivity index (χ2n) is 6.27. The van der Waals surface area contributed by atoms with Crippen molar-refractivity contribution < 1.29 is 9.53 Å². The number of morpholine rings is 1. The molecular weight excluding hydrogens is 264 g/mol. The Morgan fingerprint density at radius 2 is 2.14 bits per heavy atom. The van der Waals surface area contributed by atoms with Gasteiger partial charge in [0.05, 0.1) is 13.2 Å². The van der Waals surface area contributed by atoms with E-state index in [1.165, 1.54) is 12.0 Å². The summed E-state index contributed by atoms with van der Waals surface area (Å²) in [5, 5.41) is 6.63. The molecule has 2 aliphatic rings. The Labute approximate surface area is 126 Å². The summed E-state index contributed by atoms with van der Waals surface area (Å²) >= 11 is 0. The molecule has 1 unspecified atom stereocenters. The summed E-state index contributed by atoms with van der Waals surface area (Å²) < 4.78 is 5.41. The van der Waals surface area contributed by atoms with Gasteiger partial charge in [0, 0.05) is 24.5 Å². The van der Waals surface area contributed by atoms with Gasteiger partial charge in [-0.1, -0.05) is 30.3 Å². The second-order valence-corrected chi connectivity index (χ2v) is 6.27. The van der Waals surface area contributed by atoms with Gasteiger partial charge in [0.2, 0.25) is 5.91 Å². The van der Waals surface area contributed by atoms with Crippen LogP contribution in [0.15, 0.2) is 30.3 Å². The van der Waals surface area contributed by atoms with Crippen LogP contribution in [0, 0.1) is 0 Å². The van der Waals surface area contributed by atoms with E-state index in [4.69, 9.17) is 4.74 Å². The van der Waals surface area contributed by atoms with Gasteiger partial charge in [-0.15, -0.1) is 0 Å². The minimum absolute atomic E-state index is 0.0199. The highest BCUT2D eigenvalue weighted by Crippen LogP contribution is 2.35. The summed E-state index contributed by atoms with van der Waals surface area (Å²) in [6.07, 6.45) is 4.83. The largest absolute Gasteiger partial charge is 0.378 e. The van der Waals surface area contributed by atoms with Gasteiger partial charge < -0.3 is 15.4 Å². The maximum absolute atomic E-state index is 12.3. The zero-order valence-corrected chi connectivity index (χ0v) is 12.4. The second kappa shape index (κ2) is 6.58. The third-order valence-corrected chi connectivity index (χ3v) is 4.53. The van der Waals surface area contributed by atoms with Crippen LogP contribution < -0.4 is 10.6 Å². The van der Waals surface area contributed by atoms with E-state index in [9.17, 15) is 4.79 Å². The lowest BCUT2D eigenvalue weighted by molar-refractivity contribution is -0.125. The summed E-state index contributed by atoms with van der Waals surface area (Å²) in [5.74, 6) is 0.147. The summed E-state index contributed by atoms with van der Waals surface area (Å²) in [5.41, 5.74) is 1.28. The van der Waals surface area contributed by atoms with Crippen molar-refractivity contribution in [3.8, 4) is 0 Å². The van der Waals surface area contributed by atoms with E-state index in [1.54, 1.807) is 0 Å². The first-order valence-corrected chi connectivity index (χ1v) is 7.92. The highest BCUT2D eigenvalue weighted by atomic mass is 16.5. The van der Waals surface area contributed by atoms with Crippen molar-refractivity contribution in [2.75, 3.05) is 19.8 Å². The topological polar surface area (TPSA) is 50.4 Å². The van der Waals surface area contributed by atoms with Crippen LogP contribution in [0.1, 0.15) is 31.2 Å². The SMILES string of the molecule is O=C(CC1COCCN1)NC1(Cc2ccccc2)CCC1. The average Bonchev–Trinajstić information content (AvgIpc) is 2.47. The van der Waals surface area contributed by atoms with Crippen LogP contribution in [0.2, 0.25) is 0 Å². The fraction of sp³-hybridized carbons (Fsp3) is 0.588. The fourth-order valence-corrected chi connectivity index (χ4v) is 3.26. The number of carbonyl (C=O) groups is 1. The Balaban J connectivity index is 1.54. The molecule has 1 saturated carbocycles. The molecule has 1 atom stereocenters. The van der Waals surface area contributed by atoms with Crippen molar-refractivity contribution in [2.24, 2.45) is 0 Å². The number of benzene rings is 1. The Kier molecular flexibility index (Phi) is 4.56. The van der Waals surface area contributed by atoms with Crippen molar-refractivity contribution in [1.29, 1.82) is 0 Å². The molecule has 0 radical (unpaired) electrons. The van der Waals surface area contributed by atoms with Gasteiger partial charge in [-0.3, -0.25) is 4.79 Å². The van der Waals surface area contributed by atoms with Gasteiger partial charge in [0.25, 0.3) is 0 Å². The summed E-state index contributed by atoms with van der Waals surface area (Å²) in [4.78, 5) is 12.3. The molecule has 2 N–H and O–H groups in total. The van der Waals surface area contributed by atoms with Gasteiger partial charge in [-0.2, -0.15) is 0 Å². The van der Waals surface area contributed by atoms with Crippen molar-refractivity contribution in [3.63, 3.8) is 0 Å². The maximum atomic E-state index is 12.3. The molecule has 21 heavy (non-hydrogen) atoms. The lowest BCUT2D eigenvalue weighted by Gasteiger charge is -2.43. The first-order chi connectivity index (χ1) is 10.3. The number of nitrogens with one attached hydrogen (secondary N) is 2.